The fourth-order valence-corrected chi connectivity index (χ4v) is 7.27. The molecule has 0 heterocycles. The van der Waals surface area contributed by atoms with Crippen LogP contribution in [0.1, 0.15) is 71.6 Å². The highest BCUT2D eigenvalue weighted by Gasteiger charge is 2.60. The van der Waals surface area contributed by atoms with E-state index in [1.54, 1.807) is 0 Å². The first-order valence-corrected chi connectivity index (χ1v) is 11.2. The summed E-state index contributed by atoms with van der Waals surface area (Å²) in [6, 6.07) is 0. The Morgan fingerprint density at radius 1 is 1.07 bits per heavy atom. The highest BCUT2D eigenvalue weighted by atomic mass is 16.6. The van der Waals surface area contributed by atoms with Gasteiger partial charge in [-0.15, -0.1) is 0 Å². The zero-order chi connectivity index (χ0) is 19.2. The summed E-state index contributed by atoms with van der Waals surface area (Å²) in [7, 11) is 4.13. The normalized spacial score (nSPS) is 45.5. The van der Waals surface area contributed by atoms with Gasteiger partial charge < -0.3 is 9.74 Å². The van der Waals surface area contributed by atoms with Crippen LogP contribution in [-0.2, 0) is 9.63 Å². The van der Waals surface area contributed by atoms with E-state index in [4.69, 9.17) is 4.84 Å². The minimum atomic E-state index is 0.00588. The molecular weight excluding hydrogens is 336 g/mol. The van der Waals surface area contributed by atoms with E-state index in [0.717, 1.165) is 56.4 Å². The molecule has 0 amide bonds. The number of oxime groups is 1. The SMILES string of the molecule is CN(C)CCO/N=C1\CC[C@@]2(C)C(CCC3C2CC[C@]2(C)C(=O)CCC32)C1. The van der Waals surface area contributed by atoms with E-state index in [2.05, 4.69) is 38.0 Å². The fourth-order valence-electron chi connectivity index (χ4n) is 7.27. The Morgan fingerprint density at radius 2 is 1.89 bits per heavy atom. The van der Waals surface area contributed by atoms with Crippen LogP contribution in [0, 0.1) is 34.5 Å². The van der Waals surface area contributed by atoms with Crippen LogP contribution < -0.4 is 0 Å². The second-order valence-electron chi connectivity index (χ2n) is 10.6. The van der Waals surface area contributed by atoms with Gasteiger partial charge in [-0.1, -0.05) is 19.0 Å². The van der Waals surface area contributed by atoms with Crippen molar-refractivity contribution >= 4 is 11.5 Å². The van der Waals surface area contributed by atoms with Gasteiger partial charge in [0.2, 0.25) is 0 Å². The zero-order valence-corrected chi connectivity index (χ0v) is 17.8. The van der Waals surface area contributed by atoms with Gasteiger partial charge in [0.25, 0.3) is 0 Å². The van der Waals surface area contributed by atoms with Gasteiger partial charge in [0.1, 0.15) is 12.4 Å². The Hall–Kier alpha value is -0.900. The highest BCUT2D eigenvalue weighted by molar-refractivity contribution is 5.87. The summed E-state index contributed by atoms with van der Waals surface area (Å²) in [6.07, 6.45) is 10.5. The van der Waals surface area contributed by atoms with Crippen molar-refractivity contribution in [2.45, 2.75) is 71.6 Å². The maximum absolute atomic E-state index is 12.5. The van der Waals surface area contributed by atoms with Crippen LogP contribution in [-0.4, -0.2) is 43.6 Å². The third-order valence-corrected chi connectivity index (χ3v) is 9.03. The van der Waals surface area contributed by atoms with Gasteiger partial charge in [0.15, 0.2) is 0 Å². The summed E-state index contributed by atoms with van der Waals surface area (Å²) >= 11 is 0. The Bertz CT molecular complexity index is 615. The summed E-state index contributed by atoms with van der Waals surface area (Å²) in [5.41, 5.74) is 1.73. The second-order valence-corrected chi connectivity index (χ2v) is 10.6. The minimum Gasteiger partial charge on any atom is -0.394 e. The molecule has 4 fully saturated rings. The van der Waals surface area contributed by atoms with Crippen molar-refractivity contribution < 1.29 is 9.63 Å². The number of fused-ring (bicyclic) bond motifs is 5. The minimum absolute atomic E-state index is 0.00588. The highest BCUT2D eigenvalue weighted by Crippen LogP contribution is 2.65. The molecule has 6 atom stereocenters. The Morgan fingerprint density at radius 3 is 2.67 bits per heavy atom. The van der Waals surface area contributed by atoms with Crippen molar-refractivity contribution in [1.29, 1.82) is 0 Å². The lowest BCUT2D eigenvalue weighted by Crippen LogP contribution is -2.53. The van der Waals surface area contributed by atoms with E-state index in [9.17, 15) is 4.79 Å². The molecule has 0 spiro atoms. The molecule has 0 radical (unpaired) electrons. The van der Waals surface area contributed by atoms with Gasteiger partial charge in [0.05, 0.1) is 5.71 Å². The van der Waals surface area contributed by atoms with Crippen LogP contribution in [0.4, 0.5) is 0 Å². The molecule has 0 aromatic heterocycles. The average Bonchev–Trinajstić information content (AvgIpc) is 2.94. The number of Topliss-reactive ketones (excluding diaryl/α,β-unsaturated/α-hetero) is 1. The molecule has 4 aliphatic carbocycles. The fraction of sp³-hybridized carbons (Fsp3) is 0.913. The number of rotatable bonds is 4. The van der Waals surface area contributed by atoms with Gasteiger partial charge in [-0.25, -0.2) is 0 Å². The molecule has 0 aromatic rings. The van der Waals surface area contributed by atoms with E-state index in [1.165, 1.54) is 31.4 Å². The molecule has 0 bridgehead atoms. The molecule has 4 nitrogen and oxygen atoms in total. The molecule has 4 rings (SSSR count). The Labute approximate surface area is 165 Å². The molecule has 152 valence electrons. The predicted octanol–water partition coefficient (Wildman–Crippen LogP) is 4.53. The first-order chi connectivity index (χ1) is 12.8. The second kappa shape index (κ2) is 7.17. The molecule has 4 heteroatoms. The summed E-state index contributed by atoms with van der Waals surface area (Å²) in [5.74, 6) is 3.57. The number of hydrogen-bond acceptors (Lipinski definition) is 4. The molecule has 27 heavy (non-hydrogen) atoms. The Kier molecular flexibility index (Phi) is 5.15. The maximum atomic E-state index is 12.5. The van der Waals surface area contributed by atoms with Crippen molar-refractivity contribution in [3.63, 3.8) is 0 Å². The molecule has 0 aliphatic heterocycles. The van der Waals surface area contributed by atoms with E-state index in [1.807, 2.05) is 0 Å². The topological polar surface area (TPSA) is 41.9 Å². The van der Waals surface area contributed by atoms with Gasteiger partial charge in [0, 0.05) is 18.4 Å². The smallest absolute Gasteiger partial charge is 0.139 e. The molecule has 4 unspecified atom stereocenters. The maximum Gasteiger partial charge on any atom is 0.139 e. The van der Waals surface area contributed by atoms with Crippen molar-refractivity contribution in [2.75, 3.05) is 27.2 Å². The van der Waals surface area contributed by atoms with Crippen molar-refractivity contribution in [2.24, 2.45) is 39.7 Å². The number of carbonyl (C=O) groups excluding carboxylic acids is 1. The van der Waals surface area contributed by atoms with Crippen molar-refractivity contribution in [1.82, 2.24) is 4.90 Å². The quantitative estimate of drug-likeness (QED) is 0.536. The molecule has 0 saturated heterocycles. The van der Waals surface area contributed by atoms with Gasteiger partial charge in [-0.2, -0.15) is 0 Å². The lowest BCUT2D eigenvalue weighted by atomic mass is 9.45. The van der Waals surface area contributed by atoms with Crippen molar-refractivity contribution in [3.05, 3.63) is 0 Å². The van der Waals surface area contributed by atoms with E-state index in [-0.39, 0.29) is 5.41 Å². The number of ketones is 1. The van der Waals surface area contributed by atoms with Crippen LogP contribution in [0.25, 0.3) is 0 Å². The van der Waals surface area contributed by atoms with E-state index < -0.39 is 0 Å². The molecular formula is C23H38N2O2. The summed E-state index contributed by atoms with van der Waals surface area (Å²) < 4.78 is 0. The first kappa shape index (κ1) is 19.4. The molecule has 0 aromatic carbocycles. The standard InChI is InChI=1S/C23H38N2O2/c1-22-11-9-17(24-27-14-13-25(3)4)15-16(22)5-6-18-19-7-8-21(26)23(19,2)12-10-20(18)22/h16,18-20H,5-15H2,1-4H3/b24-17+/t16?,18?,19?,20?,22-,23-/m0/s1. The summed E-state index contributed by atoms with van der Waals surface area (Å²) in [5, 5.41) is 4.50. The zero-order valence-electron chi connectivity index (χ0n) is 17.8. The monoisotopic (exact) mass is 374 g/mol. The van der Waals surface area contributed by atoms with Crippen LogP contribution in [0.3, 0.4) is 0 Å². The Balaban J connectivity index is 1.43. The third-order valence-electron chi connectivity index (χ3n) is 9.03. The van der Waals surface area contributed by atoms with Gasteiger partial charge in [-0.3, -0.25) is 4.79 Å². The number of nitrogens with zero attached hydrogens (tertiary/aromatic N) is 2. The van der Waals surface area contributed by atoms with Crippen molar-refractivity contribution in [3.8, 4) is 0 Å². The van der Waals surface area contributed by atoms with Crippen LogP contribution in [0.5, 0.6) is 0 Å². The number of hydrogen-bond donors (Lipinski definition) is 0. The predicted molar refractivity (Wildman–Crippen MR) is 109 cm³/mol. The lowest BCUT2D eigenvalue weighted by molar-refractivity contribution is -0.137. The van der Waals surface area contributed by atoms with E-state index >= 15 is 0 Å². The molecule has 4 aliphatic rings. The number of likely N-dealkylation sites (N-methyl/N-ethyl adjacent to an activating group) is 1. The van der Waals surface area contributed by atoms with Crippen LogP contribution in [0.15, 0.2) is 5.16 Å². The lowest BCUT2D eigenvalue weighted by Gasteiger charge is -2.59. The molecule has 4 saturated carbocycles. The largest absolute Gasteiger partial charge is 0.394 e. The average molecular weight is 375 g/mol. The van der Waals surface area contributed by atoms with Gasteiger partial charge >= 0.3 is 0 Å². The first-order valence-electron chi connectivity index (χ1n) is 11.2. The summed E-state index contributed by atoms with van der Waals surface area (Å²) in [4.78, 5) is 20.3. The molecule has 0 N–H and O–H groups in total. The van der Waals surface area contributed by atoms with E-state index in [0.29, 0.717) is 23.7 Å². The van der Waals surface area contributed by atoms with Crippen LogP contribution >= 0.6 is 0 Å². The van der Waals surface area contributed by atoms with Crippen LogP contribution in [0.2, 0.25) is 0 Å². The third kappa shape index (κ3) is 3.26. The number of carbonyl (C=O) groups is 1. The summed E-state index contributed by atoms with van der Waals surface area (Å²) in [6.45, 7) is 6.45. The van der Waals surface area contributed by atoms with Gasteiger partial charge in [-0.05, 0) is 94.5 Å².